The van der Waals surface area contributed by atoms with Gasteiger partial charge in [-0.15, -0.1) is 5.10 Å². The molecular weight excluding hydrogens is 346 g/mol. The van der Waals surface area contributed by atoms with Gasteiger partial charge in [0.2, 0.25) is 11.0 Å². The first-order valence-electron chi connectivity index (χ1n) is 7.33. The molecule has 3 aromatic rings. The second kappa shape index (κ2) is 7.30. The van der Waals surface area contributed by atoms with Crippen LogP contribution in [0.4, 0.5) is 5.82 Å². The third-order valence-corrected chi connectivity index (χ3v) is 4.37. The highest BCUT2D eigenvalue weighted by Crippen LogP contribution is 2.25. The summed E-state index contributed by atoms with van der Waals surface area (Å²) < 4.78 is 8.68. The maximum Gasteiger partial charge on any atom is 0.381 e. The lowest BCUT2D eigenvalue weighted by Gasteiger charge is -2.09. The van der Waals surface area contributed by atoms with Gasteiger partial charge >= 0.3 is 5.82 Å². The van der Waals surface area contributed by atoms with Crippen molar-refractivity contribution >= 4 is 17.6 Å². The van der Waals surface area contributed by atoms with Crippen molar-refractivity contribution in [3.8, 4) is 11.4 Å². The smallest absolute Gasteiger partial charge is 0.381 e. The fourth-order valence-electron chi connectivity index (χ4n) is 2.27. The van der Waals surface area contributed by atoms with Crippen molar-refractivity contribution in [3.63, 3.8) is 0 Å². The standard InChI is InChI=1S/C14H15N7O3S/c1-10-15-13(21(22)23)9-19(10)7-8-25-14-16-17-18-20(14)11-5-3-4-6-12(11)24-2/h3-6,9H,7-8H2,1-2H3. The van der Waals surface area contributed by atoms with Gasteiger partial charge in [-0.25, -0.2) is 0 Å². The number of benzene rings is 1. The van der Waals surface area contributed by atoms with Crippen LogP contribution in [0.15, 0.2) is 35.6 Å². The number of para-hydroxylation sites is 2. The van der Waals surface area contributed by atoms with Gasteiger partial charge in [0.25, 0.3) is 0 Å². The molecule has 0 fully saturated rings. The Morgan fingerprint density at radius 3 is 2.88 bits per heavy atom. The van der Waals surface area contributed by atoms with Gasteiger partial charge in [0.05, 0.1) is 7.11 Å². The predicted octanol–water partition coefficient (Wildman–Crippen LogP) is 1.88. The van der Waals surface area contributed by atoms with Crippen molar-refractivity contribution in [2.75, 3.05) is 12.9 Å². The van der Waals surface area contributed by atoms with Crippen molar-refractivity contribution < 1.29 is 9.66 Å². The van der Waals surface area contributed by atoms with E-state index < -0.39 is 4.92 Å². The van der Waals surface area contributed by atoms with Crippen LogP contribution in [0.25, 0.3) is 5.69 Å². The molecule has 1 aromatic carbocycles. The molecule has 0 radical (unpaired) electrons. The molecule has 10 nitrogen and oxygen atoms in total. The third kappa shape index (κ3) is 3.60. The zero-order chi connectivity index (χ0) is 17.8. The molecule has 3 rings (SSSR count). The van der Waals surface area contributed by atoms with Gasteiger partial charge in [0.15, 0.2) is 0 Å². The molecule has 2 aromatic heterocycles. The van der Waals surface area contributed by atoms with Crippen molar-refractivity contribution in [1.29, 1.82) is 0 Å². The molecule has 0 aliphatic rings. The molecule has 0 saturated carbocycles. The molecule has 0 saturated heterocycles. The lowest BCUT2D eigenvalue weighted by atomic mass is 10.3. The minimum Gasteiger partial charge on any atom is -0.494 e. The van der Waals surface area contributed by atoms with E-state index in [1.54, 1.807) is 23.3 Å². The highest BCUT2D eigenvalue weighted by atomic mass is 32.2. The number of hydrogen-bond acceptors (Lipinski definition) is 8. The van der Waals surface area contributed by atoms with Gasteiger partial charge in [0.1, 0.15) is 17.6 Å². The maximum atomic E-state index is 10.8. The molecule has 0 amide bonds. The summed E-state index contributed by atoms with van der Waals surface area (Å²) in [4.78, 5) is 14.2. The SMILES string of the molecule is COc1ccccc1-n1nnnc1SCCn1cc([N+](=O)[O-])nc1C. The van der Waals surface area contributed by atoms with Crippen LogP contribution in [0.2, 0.25) is 0 Å². The first-order chi connectivity index (χ1) is 12.1. The number of tetrazole rings is 1. The topological polar surface area (TPSA) is 114 Å². The monoisotopic (exact) mass is 361 g/mol. The maximum absolute atomic E-state index is 10.8. The van der Waals surface area contributed by atoms with E-state index in [0.29, 0.717) is 29.0 Å². The molecule has 0 spiro atoms. The normalized spacial score (nSPS) is 10.8. The van der Waals surface area contributed by atoms with E-state index >= 15 is 0 Å². The summed E-state index contributed by atoms with van der Waals surface area (Å²) in [6.07, 6.45) is 1.43. The van der Waals surface area contributed by atoms with Crippen molar-refractivity contribution in [1.82, 2.24) is 29.8 Å². The van der Waals surface area contributed by atoms with E-state index in [-0.39, 0.29) is 5.82 Å². The Balaban J connectivity index is 1.71. The lowest BCUT2D eigenvalue weighted by Crippen LogP contribution is -2.04. The number of methoxy groups -OCH3 is 1. The third-order valence-electron chi connectivity index (χ3n) is 3.47. The predicted molar refractivity (Wildman–Crippen MR) is 90.0 cm³/mol. The number of aryl methyl sites for hydroxylation is 2. The average Bonchev–Trinajstić information content (AvgIpc) is 3.22. The van der Waals surface area contributed by atoms with E-state index in [2.05, 4.69) is 20.5 Å². The zero-order valence-corrected chi connectivity index (χ0v) is 14.4. The summed E-state index contributed by atoms with van der Waals surface area (Å²) in [6, 6.07) is 7.44. The summed E-state index contributed by atoms with van der Waals surface area (Å²) >= 11 is 1.44. The molecule has 0 N–H and O–H groups in total. The molecular formula is C14H15N7O3S. The van der Waals surface area contributed by atoms with Gasteiger partial charge in [-0.3, -0.25) is 0 Å². The number of hydrogen-bond donors (Lipinski definition) is 0. The average molecular weight is 361 g/mol. The van der Waals surface area contributed by atoms with E-state index in [4.69, 9.17) is 4.74 Å². The minimum atomic E-state index is -0.501. The molecule has 0 atom stereocenters. The highest BCUT2D eigenvalue weighted by Gasteiger charge is 2.16. The van der Waals surface area contributed by atoms with Gasteiger partial charge in [0, 0.05) is 19.2 Å². The summed E-state index contributed by atoms with van der Waals surface area (Å²) in [5, 5.41) is 23.1. The van der Waals surface area contributed by atoms with Gasteiger partial charge < -0.3 is 19.4 Å². The molecule has 11 heteroatoms. The second-order valence-electron chi connectivity index (χ2n) is 4.99. The lowest BCUT2D eigenvalue weighted by molar-refractivity contribution is -0.389. The fourth-order valence-corrected chi connectivity index (χ4v) is 3.09. The Morgan fingerprint density at radius 2 is 2.16 bits per heavy atom. The summed E-state index contributed by atoms with van der Waals surface area (Å²) in [6.45, 7) is 2.28. The Labute approximate surface area is 147 Å². The van der Waals surface area contributed by atoms with E-state index in [0.717, 1.165) is 5.69 Å². The van der Waals surface area contributed by atoms with Crippen LogP contribution in [0.3, 0.4) is 0 Å². The molecule has 130 valence electrons. The van der Waals surface area contributed by atoms with Crippen LogP contribution >= 0.6 is 11.8 Å². The summed E-state index contributed by atoms with van der Waals surface area (Å²) in [7, 11) is 1.59. The first-order valence-corrected chi connectivity index (χ1v) is 8.31. The van der Waals surface area contributed by atoms with Gasteiger partial charge in [-0.05, 0) is 32.5 Å². The van der Waals surface area contributed by atoms with Crippen molar-refractivity contribution in [2.24, 2.45) is 0 Å². The van der Waals surface area contributed by atoms with Crippen molar-refractivity contribution in [2.45, 2.75) is 18.6 Å². The molecule has 25 heavy (non-hydrogen) atoms. The molecule has 0 aliphatic carbocycles. The van der Waals surface area contributed by atoms with Crippen LogP contribution < -0.4 is 4.74 Å². The van der Waals surface area contributed by atoms with Crippen LogP contribution in [-0.4, -0.2) is 47.5 Å². The zero-order valence-electron chi connectivity index (χ0n) is 13.6. The van der Waals surface area contributed by atoms with Gasteiger partial charge in [-0.2, -0.15) is 4.68 Å². The van der Waals surface area contributed by atoms with Crippen LogP contribution in [0.5, 0.6) is 5.75 Å². The van der Waals surface area contributed by atoms with E-state index in [1.165, 1.54) is 18.0 Å². The van der Waals surface area contributed by atoms with Crippen LogP contribution in [-0.2, 0) is 6.54 Å². The number of imidazole rings is 1. The van der Waals surface area contributed by atoms with Crippen LogP contribution in [0, 0.1) is 17.0 Å². The quantitative estimate of drug-likeness (QED) is 0.356. The molecule has 0 aliphatic heterocycles. The number of rotatable bonds is 7. The molecule has 0 unspecified atom stereocenters. The number of thioether (sulfide) groups is 1. The van der Waals surface area contributed by atoms with E-state index in [1.807, 2.05) is 24.3 Å². The van der Waals surface area contributed by atoms with Crippen LogP contribution in [0.1, 0.15) is 5.82 Å². The molecule has 2 heterocycles. The Kier molecular flexibility index (Phi) is 4.93. The number of nitrogens with zero attached hydrogens (tertiary/aromatic N) is 7. The molecule has 0 bridgehead atoms. The first kappa shape index (κ1) is 16.9. The Hall–Kier alpha value is -2.95. The Bertz CT molecular complexity index is 892. The highest BCUT2D eigenvalue weighted by molar-refractivity contribution is 7.99. The number of aromatic nitrogens is 6. The van der Waals surface area contributed by atoms with Gasteiger partial charge in [-0.1, -0.05) is 23.9 Å². The van der Waals surface area contributed by atoms with E-state index in [9.17, 15) is 10.1 Å². The minimum absolute atomic E-state index is 0.152. The summed E-state index contributed by atoms with van der Waals surface area (Å²) in [5.41, 5.74) is 0.743. The summed E-state index contributed by atoms with van der Waals surface area (Å²) in [5.74, 6) is 1.74. The van der Waals surface area contributed by atoms with Crippen molar-refractivity contribution in [3.05, 3.63) is 46.4 Å². The Morgan fingerprint density at radius 1 is 1.36 bits per heavy atom. The largest absolute Gasteiger partial charge is 0.494 e. The second-order valence-corrected chi connectivity index (χ2v) is 6.05. The number of ether oxygens (including phenoxy) is 1. The fraction of sp³-hybridized carbons (Fsp3) is 0.286. The number of nitro groups is 1.